The van der Waals surface area contributed by atoms with Crippen LogP contribution in [0.5, 0.6) is 0 Å². The van der Waals surface area contributed by atoms with Crippen molar-refractivity contribution in [1.82, 2.24) is 24.3 Å². The molecule has 2 aliphatic carbocycles. The maximum absolute atomic E-state index is 4.83. The van der Waals surface area contributed by atoms with Gasteiger partial charge in [0.1, 0.15) is 17.6 Å². The highest BCUT2D eigenvalue weighted by Gasteiger charge is 2.50. The zero-order valence-corrected chi connectivity index (χ0v) is 27.2. The van der Waals surface area contributed by atoms with Gasteiger partial charge in [-0.2, -0.15) is 0 Å². The Balaban J connectivity index is 1.23. The number of allylic oxidation sites excluding steroid dienone is 4. The first kappa shape index (κ1) is 27.5. The van der Waals surface area contributed by atoms with Gasteiger partial charge < -0.3 is 14.1 Å². The smallest absolute Gasteiger partial charge is 0.149 e. The van der Waals surface area contributed by atoms with Crippen LogP contribution in [0, 0.1) is 0 Å². The minimum atomic E-state index is -0.693. The Kier molecular flexibility index (Phi) is 5.65. The van der Waals surface area contributed by atoms with E-state index in [0.29, 0.717) is 0 Å². The number of aromatic nitrogens is 5. The van der Waals surface area contributed by atoms with Gasteiger partial charge >= 0.3 is 0 Å². The van der Waals surface area contributed by atoms with Gasteiger partial charge in [-0.1, -0.05) is 103 Å². The molecule has 0 fully saturated rings. The first-order chi connectivity index (χ1) is 24.8. The minimum absolute atomic E-state index is 0.693. The third-order valence-corrected chi connectivity index (χ3v) is 11.0. The molecular weight excluding hydrogens is 611 g/mol. The molecule has 5 heteroatoms. The summed E-state index contributed by atoms with van der Waals surface area (Å²) in [5, 5.41) is 14.2. The van der Waals surface area contributed by atoms with Gasteiger partial charge in [-0.3, -0.25) is 0 Å². The highest BCUT2D eigenvalue weighted by Crippen LogP contribution is 2.57. The largest absolute Gasteiger partial charge is 0.330 e. The van der Waals surface area contributed by atoms with Crippen molar-refractivity contribution in [1.29, 1.82) is 0 Å². The average Bonchev–Trinajstić information content (AvgIpc) is 3.96. The fraction of sp³-hybridized carbons (Fsp3) is 0.0667. The van der Waals surface area contributed by atoms with E-state index in [1.165, 1.54) is 71.4 Å². The van der Waals surface area contributed by atoms with Gasteiger partial charge in [-0.15, -0.1) is 10.2 Å². The minimum Gasteiger partial charge on any atom is -0.330 e. The molecule has 2 aliphatic rings. The third kappa shape index (κ3) is 3.56. The van der Waals surface area contributed by atoms with Crippen LogP contribution >= 0.6 is 0 Å². The maximum atomic E-state index is 4.83. The van der Waals surface area contributed by atoms with Gasteiger partial charge in [-0.05, 0) is 89.2 Å². The van der Waals surface area contributed by atoms with E-state index in [0.717, 1.165) is 30.0 Å². The first-order valence-corrected chi connectivity index (χ1v) is 17.3. The van der Waals surface area contributed by atoms with E-state index >= 15 is 0 Å². The maximum Gasteiger partial charge on any atom is 0.149 e. The second-order valence-electron chi connectivity index (χ2n) is 13.4. The Morgan fingerprint density at radius 3 is 1.44 bits per heavy atom. The SMILES string of the molecule is C1=CC(C2(c3nnc[nH]3)c3cc(-n4c5ccccc5c5ccccc54)ccc3-c3ccc(-n4c5ccccc5c5ccccc54)cc32)=CCC1. The van der Waals surface area contributed by atoms with Gasteiger partial charge in [0, 0.05) is 32.9 Å². The standard InChI is InChI=1S/C45H31N5/c1-2-12-29(13-3-1)45(44-46-28-47-48-44)38-26-30(49-40-18-8-4-14-34(40)35-15-5-9-19-41(35)49)22-24-32(38)33-25-23-31(27-39(33)45)50-42-20-10-6-16-36(42)37-17-7-11-21-43(37)50/h2,4-28H,1,3H2,(H,46,47,48). The van der Waals surface area contributed by atoms with E-state index in [2.05, 4.69) is 171 Å². The topological polar surface area (TPSA) is 51.4 Å². The quantitative estimate of drug-likeness (QED) is 0.208. The number of fused-ring (bicyclic) bond motifs is 9. The number of para-hydroxylation sites is 4. The van der Waals surface area contributed by atoms with Crippen molar-refractivity contribution in [3.63, 3.8) is 0 Å². The molecule has 0 amide bonds. The molecule has 0 atom stereocenters. The van der Waals surface area contributed by atoms with Crippen molar-refractivity contribution in [3.8, 4) is 22.5 Å². The van der Waals surface area contributed by atoms with Crippen molar-refractivity contribution in [3.05, 3.63) is 181 Å². The summed E-state index contributed by atoms with van der Waals surface area (Å²) in [5.74, 6) is 0.828. The molecule has 0 radical (unpaired) electrons. The molecule has 9 aromatic rings. The van der Waals surface area contributed by atoms with Gasteiger partial charge in [0.15, 0.2) is 0 Å². The average molecular weight is 642 g/mol. The van der Waals surface area contributed by atoms with Crippen LogP contribution in [0.1, 0.15) is 29.8 Å². The summed E-state index contributed by atoms with van der Waals surface area (Å²) in [6.07, 6.45) is 10.7. The van der Waals surface area contributed by atoms with Crippen molar-refractivity contribution in [2.24, 2.45) is 0 Å². The molecule has 3 aromatic heterocycles. The predicted octanol–water partition coefficient (Wildman–Crippen LogP) is 10.6. The molecule has 6 aromatic carbocycles. The molecule has 0 aliphatic heterocycles. The van der Waals surface area contributed by atoms with E-state index in [1.807, 2.05) is 0 Å². The third-order valence-electron chi connectivity index (χ3n) is 11.0. The normalized spacial score (nSPS) is 14.8. The second-order valence-corrected chi connectivity index (χ2v) is 13.4. The second kappa shape index (κ2) is 10.3. The molecule has 0 saturated carbocycles. The lowest BCUT2D eigenvalue weighted by atomic mass is 9.69. The van der Waals surface area contributed by atoms with Gasteiger partial charge in [0.05, 0.1) is 22.1 Å². The molecule has 236 valence electrons. The molecule has 3 heterocycles. The summed E-state index contributed by atoms with van der Waals surface area (Å²) in [7, 11) is 0. The Bertz CT molecular complexity index is 2610. The monoisotopic (exact) mass is 641 g/mol. The van der Waals surface area contributed by atoms with Crippen LogP contribution in [0.2, 0.25) is 0 Å². The highest BCUT2D eigenvalue weighted by atomic mass is 15.2. The first-order valence-electron chi connectivity index (χ1n) is 17.3. The zero-order valence-electron chi connectivity index (χ0n) is 27.2. The number of hydrogen-bond donors (Lipinski definition) is 1. The summed E-state index contributed by atoms with van der Waals surface area (Å²) < 4.78 is 4.82. The number of benzene rings is 6. The van der Waals surface area contributed by atoms with E-state index in [4.69, 9.17) is 5.10 Å². The molecule has 0 bridgehead atoms. The Labute approximate surface area is 288 Å². The van der Waals surface area contributed by atoms with Crippen molar-refractivity contribution < 1.29 is 0 Å². The summed E-state index contributed by atoms with van der Waals surface area (Å²) in [6.45, 7) is 0. The van der Waals surface area contributed by atoms with Gasteiger partial charge in [-0.25, -0.2) is 0 Å². The summed E-state index contributed by atoms with van der Waals surface area (Å²) in [5.41, 5.74) is 12.4. The van der Waals surface area contributed by atoms with Crippen LogP contribution in [0.4, 0.5) is 0 Å². The van der Waals surface area contributed by atoms with Crippen molar-refractivity contribution in [2.45, 2.75) is 18.3 Å². The fourth-order valence-electron chi connectivity index (χ4n) is 8.96. The van der Waals surface area contributed by atoms with E-state index in [-0.39, 0.29) is 0 Å². The molecule has 50 heavy (non-hydrogen) atoms. The van der Waals surface area contributed by atoms with Gasteiger partial charge in [0.2, 0.25) is 0 Å². The van der Waals surface area contributed by atoms with Crippen LogP contribution in [0.15, 0.2) is 164 Å². The van der Waals surface area contributed by atoms with Crippen LogP contribution in [-0.4, -0.2) is 24.3 Å². The van der Waals surface area contributed by atoms with E-state index < -0.39 is 5.41 Å². The van der Waals surface area contributed by atoms with Crippen molar-refractivity contribution in [2.75, 3.05) is 0 Å². The molecule has 1 N–H and O–H groups in total. The lowest BCUT2D eigenvalue weighted by Gasteiger charge is -2.33. The fourth-order valence-corrected chi connectivity index (χ4v) is 8.96. The number of H-pyrrole nitrogens is 1. The number of nitrogens with one attached hydrogen (secondary N) is 1. The summed E-state index contributed by atoms with van der Waals surface area (Å²) >= 11 is 0. The summed E-state index contributed by atoms with van der Waals surface area (Å²) in [4.78, 5) is 3.52. The van der Waals surface area contributed by atoms with E-state index in [1.54, 1.807) is 6.33 Å². The lowest BCUT2D eigenvalue weighted by Crippen LogP contribution is -2.31. The molecule has 0 unspecified atom stereocenters. The molecular formula is C45H31N5. The van der Waals surface area contributed by atoms with Gasteiger partial charge in [0.25, 0.3) is 0 Å². The van der Waals surface area contributed by atoms with Crippen LogP contribution in [0.3, 0.4) is 0 Å². The zero-order chi connectivity index (χ0) is 32.8. The number of hydrogen-bond acceptors (Lipinski definition) is 2. The van der Waals surface area contributed by atoms with Crippen LogP contribution < -0.4 is 0 Å². The molecule has 5 nitrogen and oxygen atoms in total. The predicted molar refractivity (Wildman–Crippen MR) is 203 cm³/mol. The number of aromatic amines is 1. The van der Waals surface area contributed by atoms with E-state index in [9.17, 15) is 0 Å². The Hall–Kier alpha value is -6.46. The molecule has 0 saturated heterocycles. The summed E-state index contributed by atoms with van der Waals surface area (Å²) in [6, 6.07) is 48.9. The number of nitrogens with zero attached hydrogens (tertiary/aromatic N) is 4. The van der Waals surface area contributed by atoms with Crippen molar-refractivity contribution >= 4 is 43.6 Å². The van der Waals surface area contributed by atoms with Crippen LogP contribution in [-0.2, 0) is 5.41 Å². The number of rotatable bonds is 4. The highest BCUT2D eigenvalue weighted by molar-refractivity contribution is 6.10. The Morgan fingerprint density at radius 2 is 1.02 bits per heavy atom. The lowest BCUT2D eigenvalue weighted by molar-refractivity contribution is 0.690. The van der Waals surface area contributed by atoms with Crippen LogP contribution in [0.25, 0.3) is 66.1 Å². The molecule has 0 spiro atoms. The Morgan fingerprint density at radius 1 is 0.540 bits per heavy atom. The molecule has 11 rings (SSSR count).